The highest BCUT2D eigenvalue weighted by Crippen LogP contribution is 2.25. The van der Waals surface area contributed by atoms with E-state index in [1.54, 1.807) is 0 Å². The molecule has 0 aliphatic heterocycles. The molecule has 0 N–H and O–H groups in total. The van der Waals surface area contributed by atoms with Crippen molar-refractivity contribution in [1.82, 2.24) is 0 Å². The Morgan fingerprint density at radius 1 is 1.41 bits per heavy atom. The maximum Gasteiger partial charge on any atom is 0.330 e. The third-order valence-corrected chi connectivity index (χ3v) is 3.31. The molecule has 1 unspecified atom stereocenters. The van der Waals surface area contributed by atoms with E-state index in [0.29, 0.717) is 11.7 Å². The summed E-state index contributed by atoms with van der Waals surface area (Å²) < 4.78 is 4.50. The second-order valence-corrected chi connectivity index (χ2v) is 4.62. The highest BCUT2D eigenvalue weighted by molar-refractivity contribution is 5.82. The molecule has 0 heterocycles. The van der Waals surface area contributed by atoms with Crippen molar-refractivity contribution in [3.05, 3.63) is 12.2 Å². The number of unbranched alkanes of at least 4 members (excludes halogenated alkanes) is 2. The van der Waals surface area contributed by atoms with Crippen LogP contribution >= 0.6 is 0 Å². The summed E-state index contributed by atoms with van der Waals surface area (Å²) in [5.74, 6) is 0.474. The minimum Gasteiger partial charge on any atom is -0.466 e. The van der Waals surface area contributed by atoms with Gasteiger partial charge in [-0.1, -0.05) is 18.9 Å². The Kier molecular flexibility index (Phi) is 6.60. The summed E-state index contributed by atoms with van der Waals surface area (Å²) in [6.07, 6.45) is 11.5. The van der Waals surface area contributed by atoms with E-state index >= 15 is 0 Å². The zero-order chi connectivity index (χ0) is 12.5. The minimum absolute atomic E-state index is 0.299. The first kappa shape index (κ1) is 13.9. The van der Waals surface area contributed by atoms with Gasteiger partial charge in [-0.15, -0.1) is 0 Å². The van der Waals surface area contributed by atoms with Crippen molar-refractivity contribution in [2.75, 3.05) is 7.11 Å². The molecule has 0 aromatic heterocycles. The molecule has 3 heteroatoms. The number of methoxy groups -OCH3 is 1. The summed E-state index contributed by atoms with van der Waals surface area (Å²) in [7, 11) is 1.38. The fourth-order valence-corrected chi connectivity index (χ4v) is 2.26. The molecule has 0 aromatic rings. The normalized spacial score (nSPS) is 20.8. The number of allylic oxidation sites excluding steroid dienone is 1. The van der Waals surface area contributed by atoms with E-state index in [-0.39, 0.29) is 5.97 Å². The van der Waals surface area contributed by atoms with Crippen molar-refractivity contribution < 1.29 is 14.3 Å². The molecule has 1 aliphatic carbocycles. The molecular weight excluding hydrogens is 216 g/mol. The van der Waals surface area contributed by atoms with Crippen LogP contribution in [0.2, 0.25) is 0 Å². The maximum absolute atomic E-state index is 11.6. The van der Waals surface area contributed by atoms with Gasteiger partial charge >= 0.3 is 5.97 Å². The number of carbonyl (C=O) groups is 2. The Labute approximate surface area is 103 Å². The van der Waals surface area contributed by atoms with Gasteiger partial charge in [0.05, 0.1) is 7.11 Å². The van der Waals surface area contributed by atoms with Crippen LogP contribution < -0.4 is 0 Å². The second kappa shape index (κ2) is 8.04. The fraction of sp³-hybridized carbons (Fsp3) is 0.714. The van der Waals surface area contributed by atoms with Crippen molar-refractivity contribution in [2.45, 2.75) is 51.4 Å². The van der Waals surface area contributed by atoms with Crippen molar-refractivity contribution in [3.63, 3.8) is 0 Å². The van der Waals surface area contributed by atoms with Crippen molar-refractivity contribution >= 4 is 11.8 Å². The number of esters is 1. The van der Waals surface area contributed by atoms with E-state index in [1.165, 1.54) is 19.6 Å². The summed E-state index contributed by atoms with van der Waals surface area (Å²) in [5, 5.41) is 0. The number of Topliss-reactive ketones (excluding diaryl/α,β-unsaturated/α-hetero) is 1. The Bertz CT molecular complexity index is 281. The predicted octanol–water partition coefficient (Wildman–Crippen LogP) is 3.04. The van der Waals surface area contributed by atoms with Crippen molar-refractivity contribution in [2.24, 2.45) is 5.92 Å². The molecule has 0 aromatic carbocycles. The van der Waals surface area contributed by atoms with Gasteiger partial charge in [-0.05, 0) is 32.1 Å². The molecule has 1 fully saturated rings. The van der Waals surface area contributed by atoms with Gasteiger partial charge in [0.15, 0.2) is 0 Å². The molecule has 0 radical (unpaired) electrons. The number of carbonyl (C=O) groups excluding carboxylic acids is 2. The van der Waals surface area contributed by atoms with E-state index in [9.17, 15) is 9.59 Å². The number of rotatable bonds is 6. The highest BCUT2D eigenvalue weighted by Gasteiger charge is 2.20. The first-order valence-corrected chi connectivity index (χ1v) is 6.51. The van der Waals surface area contributed by atoms with Crippen LogP contribution in [0.3, 0.4) is 0 Å². The average Bonchev–Trinajstić information content (AvgIpc) is 2.35. The minimum atomic E-state index is -0.299. The topological polar surface area (TPSA) is 43.4 Å². The third-order valence-electron chi connectivity index (χ3n) is 3.31. The maximum atomic E-state index is 11.6. The van der Waals surface area contributed by atoms with Crippen LogP contribution in [-0.2, 0) is 14.3 Å². The van der Waals surface area contributed by atoms with Gasteiger partial charge in [-0.25, -0.2) is 4.79 Å². The number of ether oxygens (including phenoxy) is 1. The van der Waals surface area contributed by atoms with Gasteiger partial charge in [0.1, 0.15) is 5.78 Å². The van der Waals surface area contributed by atoms with Crippen molar-refractivity contribution in [1.29, 1.82) is 0 Å². The Morgan fingerprint density at radius 2 is 2.24 bits per heavy atom. The lowest BCUT2D eigenvalue weighted by molar-refractivity contribution is -0.134. The molecule has 1 saturated carbocycles. The van der Waals surface area contributed by atoms with Crippen molar-refractivity contribution in [3.8, 4) is 0 Å². The molecule has 1 atom stereocenters. The van der Waals surface area contributed by atoms with Gasteiger partial charge < -0.3 is 4.74 Å². The smallest absolute Gasteiger partial charge is 0.330 e. The van der Waals surface area contributed by atoms with Gasteiger partial charge in [-0.3, -0.25) is 4.79 Å². The summed E-state index contributed by atoms with van der Waals surface area (Å²) in [6.45, 7) is 0. The largest absolute Gasteiger partial charge is 0.466 e. The van der Waals surface area contributed by atoms with E-state index in [0.717, 1.165) is 44.9 Å². The summed E-state index contributed by atoms with van der Waals surface area (Å²) in [5.41, 5.74) is 0. The monoisotopic (exact) mass is 238 g/mol. The Morgan fingerprint density at radius 3 is 2.94 bits per heavy atom. The number of hydrogen-bond donors (Lipinski definition) is 0. The van der Waals surface area contributed by atoms with E-state index in [2.05, 4.69) is 4.74 Å². The molecule has 1 rings (SSSR count). The predicted molar refractivity (Wildman–Crippen MR) is 66.6 cm³/mol. The van der Waals surface area contributed by atoms with E-state index < -0.39 is 0 Å². The highest BCUT2D eigenvalue weighted by atomic mass is 16.5. The molecule has 17 heavy (non-hydrogen) atoms. The number of ketones is 1. The fourth-order valence-electron chi connectivity index (χ4n) is 2.26. The molecular formula is C14H22O3. The third kappa shape index (κ3) is 5.66. The van der Waals surface area contributed by atoms with Crippen LogP contribution in [0.25, 0.3) is 0 Å². The van der Waals surface area contributed by atoms with Crippen LogP contribution in [0.1, 0.15) is 51.4 Å². The lowest BCUT2D eigenvalue weighted by Crippen LogP contribution is -2.18. The van der Waals surface area contributed by atoms with Crippen LogP contribution in [-0.4, -0.2) is 18.9 Å². The first-order valence-electron chi connectivity index (χ1n) is 6.51. The lowest BCUT2D eigenvalue weighted by atomic mass is 9.84. The zero-order valence-corrected chi connectivity index (χ0v) is 10.6. The molecule has 0 saturated heterocycles. The average molecular weight is 238 g/mol. The molecule has 0 bridgehead atoms. The van der Waals surface area contributed by atoms with Gasteiger partial charge in [0.2, 0.25) is 0 Å². The van der Waals surface area contributed by atoms with Gasteiger partial charge in [0, 0.05) is 18.4 Å². The molecule has 3 nitrogen and oxygen atoms in total. The lowest BCUT2D eigenvalue weighted by Gasteiger charge is -2.19. The molecule has 96 valence electrons. The summed E-state index contributed by atoms with van der Waals surface area (Å²) in [4.78, 5) is 22.3. The van der Waals surface area contributed by atoms with Crippen LogP contribution in [0, 0.1) is 5.92 Å². The first-order chi connectivity index (χ1) is 8.24. The van der Waals surface area contributed by atoms with Gasteiger partial charge in [-0.2, -0.15) is 0 Å². The van der Waals surface area contributed by atoms with Crippen LogP contribution in [0.4, 0.5) is 0 Å². The van der Waals surface area contributed by atoms with E-state index in [4.69, 9.17) is 0 Å². The quantitative estimate of drug-likeness (QED) is 0.406. The second-order valence-electron chi connectivity index (χ2n) is 4.62. The van der Waals surface area contributed by atoms with Crippen LogP contribution in [0.15, 0.2) is 12.2 Å². The Hall–Kier alpha value is -1.12. The SMILES string of the molecule is COC(=O)/C=C/CCCCC1CCCCC1=O. The summed E-state index contributed by atoms with van der Waals surface area (Å²) in [6, 6.07) is 0. The zero-order valence-electron chi connectivity index (χ0n) is 10.6. The Balaban J connectivity index is 2.05. The van der Waals surface area contributed by atoms with E-state index in [1.807, 2.05) is 6.08 Å². The number of hydrogen-bond acceptors (Lipinski definition) is 3. The standard InChI is InChI=1S/C14H22O3/c1-17-14(16)11-5-3-2-4-8-12-9-6-7-10-13(12)15/h5,11-12H,2-4,6-10H2,1H3/b11-5+. The molecule has 0 spiro atoms. The summed E-state index contributed by atoms with van der Waals surface area (Å²) >= 11 is 0. The molecule has 0 amide bonds. The van der Waals surface area contributed by atoms with Gasteiger partial charge in [0.25, 0.3) is 0 Å². The van der Waals surface area contributed by atoms with Crippen LogP contribution in [0.5, 0.6) is 0 Å². The molecule has 1 aliphatic rings.